The summed E-state index contributed by atoms with van der Waals surface area (Å²) in [6, 6.07) is 1.45. The molecule has 0 aromatic rings. The van der Waals surface area contributed by atoms with Crippen LogP contribution >= 0.6 is 0 Å². The number of likely N-dealkylation sites (tertiary alicyclic amines) is 1. The van der Waals surface area contributed by atoms with Crippen molar-refractivity contribution >= 4 is 11.7 Å². The fourth-order valence-electron chi connectivity index (χ4n) is 9.21. The van der Waals surface area contributed by atoms with Crippen LogP contribution in [0.15, 0.2) is 0 Å². The van der Waals surface area contributed by atoms with E-state index in [1.54, 1.807) is 0 Å². The predicted octanol–water partition coefficient (Wildman–Crippen LogP) is 3.25. The number of carbonyl (C=O) groups excluding carboxylic acids is 1. The van der Waals surface area contributed by atoms with E-state index in [0.717, 1.165) is 62.9 Å². The predicted molar refractivity (Wildman–Crippen MR) is 131 cm³/mol. The van der Waals surface area contributed by atoms with Crippen molar-refractivity contribution in [2.24, 2.45) is 41.2 Å². The first-order chi connectivity index (χ1) is 16.1. The highest BCUT2D eigenvalue weighted by molar-refractivity contribution is 5.83. The van der Waals surface area contributed by atoms with Gasteiger partial charge in [0, 0.05) is 37.1 Å². The van der Waals surface area contributed by atoms with Gasteiger partial charge < -0.3 is 16.4 Å². The van der Waals surface area contributed by atoms with E-state index < -0.39 is 0 Å². The highest BCUT2D eigenvalue weighted by Gasteiger charge is 2.50. The lowest BCUT2D eigenvalue weighted by molar-refractivity contribution is -0.127. The fourth-order valence-corrected chi connectivity index (χ4v) is 9.21. The molecule has 2 aliphatic heterocycles. The number of rotatable bonds is 5. The maximum Gasteiger partial charge on any atom is 0.237 e. The normalized spacial score (nSPS) is 47.2. The summed E-state index contributed by atoms with van der Waals surface area (Å²) in [6.07, 6.45) is 16.3. The van der Waals surface area contributed by atoms with Crippen molar-refractivity contribution in [3.05, 3.63) is 0 Å². The summed E-state index contributed by atoms with van der Waals surface area (Å²) in [4.78, 5) is 16.4. The Morgan fingerprint density at radius 1 is 0.939 bits per heavy atom. The number of carbonyl (C=O) groups is 1. The van der Waals surface area contributed by atoms with Gasteiger partial charge in [-0.3, -0.25) is 15.1 Å². The van der Waals surface area contributed by atoms with E-state index in [0.29, 0.717) is 41.7 Å². The van der Waals surface area contributed by atoms with Gasteiger partial charge in [-0.05, 0) is 81.0 Å². The van der Waals surface area contributed by atoms with Crippen LogP contribution in [-0.2, 0) is 4.79 Å². The Kier molecular flexibility index (Phi) is 6.19. The van der Waals surface area contributed by atoms with E-state index in [9.17, 15) is 4.79 Å². The second kappa shape index (κ2) is 9.14. The molecule has 33 heavy (non-hydrogen) atoms. The van der Waals surface area contributed by atoms with Gasteiger partial charge >= 0.3 is 0 Å². The van der Waals surface area contributed by atoms with E-state index >= 15 is 0 Å². The van der Waals surface area contributed by atoms with Crippen molar-refractivity contribution in [3.8, 4) is 0 Å². The topological polar surface area (TPSA) is 94.2 Å². The van der Waals surface area contributed by atoms with Crippen molar-refractivity contribution in [1.29, 1.82) is 5.41 Å². The second-order valence-electron chi connectivity index (χ2n) is 12.6. The minimum atomic E-state index is 0.0294. The average Bonchev–Trinajstić information content (AvgIpc) is 3.53. The third-order valence-electron chi connectivity index (χ3n) is 10.9. The number of amides is 1. The monoisotopic (exact) mass is 455 g/mol. The number of nitrogens with zero attached hydrogens (tertiary/aromatic N) is 1. The first-order valence-corrected chi connectivity index (χ1v) is 14.2. The molecule has 1 amide bonds. The summed E-state index contributed by atoms with van der Waals surface area (Å²) >= 11 is 0. The van der Waals surface area contributed by atoms with E-state index in [4.69, 9.17) is 11.1 Å². The summed E-state index contributed by atoms with van der Waals surface area (Å²) in [7, 11) is 0. The highest BCUT2D eigenvalue weighted by atomic mass is 16.2. The first-order valence-electron chi connectivity index (χ1n) is 14.2. The molecule has 2 bridgehead atoms. The molecule has 4 saturated carbocycles. The van der Waals surface area contributed by atoms with Gasteiger partial charge in [-0.2, -0.15) is 0 Å². The maximum atomic E-state index is 13.7. The minimum absolute atomic E-state index is 0.0294. The molecule has 6 fully saturated rings. The molecule has 0 aromatic carbocycles. The Morgan fingerprint density at radius 3 is 2.58 bits per heavy atom. The molecular weight excluding hydrogens is 410 g/mol. The van der Waals surface area contributed by atoms with Gasteiger partial charge in [0.2, 0.25) is 5.91 Å². The number of hydrogen-bond acceptors (Lipinski definition) is 4. The van der Waals surface area contributed by atoms with Gasteiger partial charge in [-0.1, -0.05) is 32.1 Å². The molecule has 4 aliphatic carbocycles. The minimum Gasteiger partial charge on any atom is -0.387 e. The van der Waals surface area contributed by atoms with Crippen LogP contribution in [0.25, 0.3) is 0 Å². The number of fused-ring (bicyclic) bond motifs is 4. The maximum absolute atomic E-state index is 13.7. The second-order valence-corrected chi connectivity index (χ2v) is 12.6. The summed E-state index contributed by atoms with van der Waals surface area (Å²) in [6.45, 7) is 2.17. The molecule has 2 heterocycles. The van der Waals surface area contributed by atoms with Crippen molar-refractivity contribution in [2.45, 2.75) is 108 Å². The summed E-state index contributed by atoms with van der Waals surface area (Å²) in [5.41, 5.74) is 5.98. The van der Waals surface area contributed by atoms with Crippen LogP contribution in [0.4, 0.5) is 0 Å². The molecule has 6 aliphatic rings. The van der Waals surface area contributed by atoms with Crippen molar-refractivity contribution in [3.63, 3.8) is 0 Å². The molecule has 6 rings (SSSR count). The quantitative estimate of drug-likeness (QED) is 0.378. The SMILES string of the molecule is N=C(N)C1CCC2CC(C(=O)NC3CC4CC3CN4)N(CC3CCCC4CCCCC43)C2C1. The highest BCUT2D eigenvalue weighted by Crippen LogP contribution is 2.47. The van der Waals surface area contributed by atoms with Gasteiger partial charge in [0.1, 0.15) is 0 Å². The molecule has 184 valence electrons. The van der Waals surface area contributed by atoms with Crippen molar-refractivity contribution in [2.75, 3.05) is 13.1 Å². The average molecular weight is 456 g/mol. The zero-order valence-electron chi connectivity index (χ0n) is 20.3. The van der Waals surface area contributed by atoms with Gasteiger partial charge in [0.05, 0.1) is 11.9 Å². The number of amidine groups is 1. The first kappa shape index (κ1) is 22.3. The van der Waals surface area contributed by atoms with Crippen LogP contribution in [-0.4, -0.2) is 53.9 Å². The van der Waals surface area contributed by atoms with Crippen LogP contribution in [0, 0.1) is 40.9 Å². The van der Waals surface area contributed by atoms with E-state index in [2.05, 4.69) is 15.5 Å². The number of piperidine rings is 1. The van der Waals surface area contributed by atoms with Gasteiger partial charge in [0.25, 0.3) is 0 Å². The molecular formula is C27H45N5O. The molecule has 0 spiro atoms. The third-order valence-corrected chi connectivity index (χ3v) is 10.9. The lowest BCUT2D eigenvalue weighted by Gasteiger charge is -2.45. The largest absolute Gasteiger partial charge is 0.387 e. The number of nitrogens with one attached hydrogen (secondary N) is 3. The standard InChI is InChI=1S/C27H45N5O/c28-26(29)18-9-8-17-11-25(27(33)31-23-13-21-10-20(23)14-30-21)32(24(17)12-18)15-19-6-3-5-16-4-1-2-7-22(16)19/h16-25,30H,1-15H2,(H3,28,29)(H,31,33). The zero-order valence-corrected chi connectivity index (χ0v) is 20.3. The summed E-state index contributed by atoms with van der Waals surface area (Å²) in [5, 5.41) is 15.2. The van der Waals surface area contributed by atoms with Crippen molar-refractivity contribution in [1.82, 2.24) is 15.5 Å². The van der Waals surface area contributed by atoms with E-state index in [-0.39, 0.29) is 12.0 Å². The molecule has 6 nitrogen and oxygen atoms in total. The van der Waals surface area contributed by atoms with E-state index in [1.807, 2.05) is 0 Å². The Bertz CT molecular complexity index is 755. The fraction of sp³-hybridized carbons (Fsp3) is 0.926. The number of nitrogens with two attached hydrogens (primary N) is 1. The lowest BCUT2D eigenvalue weighted by Crippen LogP contribution is -2.54. The Balaban J connectivity index is 1.20. The molecule has 6 heteroatoms. The smallest absolute Gasteiger partial charge is 0.237 e. The zero-order chi connectivity index (χ0) is 22.5. The Labute approximate surface area is 199 Å². The lowest BCUT2D eigenvalue weighted by atomic mass is 9.65. The molecule has 0 aromatic heterocycles. The van der Waals surface area contributed by atoms with Gasteiger partial charge in [-0.25, -0.2) is 0 Å². The summed E-state index contributed by atoms with van der Waals surface area (Å²) in [5.74, 6) is 4.66. The van der Waals surface area contributed by atoms with Crippen LogP contribution in [0.5, 0.6) is 0 Å². The molecule has 0 radical (unpaired) electrons. The van der Waals surface area contributed by atoms with Gasteiger partial charge in [-0.15, -0.1) is 0 Å². The van der Waals surface area contributed by atoms with Crippen LogP contribution in [0.1, 0.15) is 83.5 Å². The van der Waals surface area contributed by atoms with Gasteiger partial charge in [0.15, 0.2) is 0 Å². The number of hydrogen-bond donors (Lipinski definition) is 4. The molecule has 10 unspecified atom stereocenters. The molecule has 10 atom stereocenters. The third kappa shape index (κ3) is 4.24. The Morgan fingerprint density at radius 2 is 1.79 bits per heavy atom. The van der Waals surface area contributed by atoms with Crippen molar-refractivity contribution < 1.29 is 4.79 Å². The Hall–Kier alpha value is -1.14. The van der Waals surface area contributed by atoms with Crippen LogP contribution in [0.3, 0.4) is 0 Å². The molecule has 2 saturated heterocycles. The van der Waals surface area contributed by atoms with Crippen LogP contribution in [0.2, 0.25) is 0 Å². The van der Waals surface area contributed by atoms with E-state index in [1.165, 1.54) is 51.4 Å². The van der Waals surface area contributed by atoms with Crippen LogP contribution < -0.4 is 16.4 Å². The molecule has 5 N–H and O–H groups in total. The summed E-state index contributed by atoms with van der Waals surface area (Å²) < 4.78 is 0.